The van der Waals surface area contributed by atoms with Gasteiger partial charge in [-0.05, 0) is 24.1 Å². The highest BCUT2D eigenvalue weighted by atomic mass is 16.5. The summed E-state index contributed by atoms with van der Waals surface area (Å²) in [4.78, 5) is 12.5. The number of ether oxygens (including phenoxy) is 1. The monoisotopic (exact) mass is 309 g/mol. The molecule has 1 atom stereocenters. The van der Waals surface area contributed by atoms with Crippen molar-refractivity contribution in [1.29, 1.82) is 0 Å². The molecule has 0 unspecified atom stereocenters. The molecule has 0 fully saturated rings. The molecule has 23 heavy (non-hydrogen) atoms. The van der Waals surface area contributed by atoms with Crippen LogP contribution in [0.4, 0.5) is 0 Å². The molecule has 2 aromatic carbocycles. The van der Waals surface area contributed by atoms with Crippen LogP contribution in [0.2, 0.25) is 0 Å². The number of para-hydroxylation sites is 1. The maximum Gasteiger partial charge on any atom is 0.287 e. The summed E-state index contributed by atoms with van der Waals surface area (Å²) in [5.41, 5.74) is 1.67. The van der Waals surface area contributed by atoms with Crippen LogP contribution in [0.1, 0.15) is 35.5 Å². The Morgan fingerprint density at radius 2 is 1.96 bits per heavy atom. The van der Waals surface area contributed by atoms with Crippen LogP contribution in [0.3, 0.4) is 0 Å². The summed E-state index contributed by atoms with van der Waals surface area (Å²) < 4.78 is 11.0. The molecule has 0 saturated carbocycles. The first-order valence-corrected chi connectivity index (χ1v) is 7.65. The number of rotatable bonds is 5. The van der Waals surface area contributed by atoms with E-state index in [1.165, 1.54) is 0 Å². The average molecular weight is 309 g/mol. The Morgan fingerprint density at radius 1 is 1.17 bits per heavy atom. The number of hydrogen-bond acceptors (Lipinski definition) is 3. The number of fused-ring (bicyclic) bond motifs is 1. The molecule has 118 valence electrons. The Labute approximate surface area is 135 Å². The lowest BCUT2D eigenvalue weighted by Crippen LogP contribution is -2.27. The van der Waals surface area contributed by atoms with Crippen LogP contribution in [-0.2, 0) is 0 Å². The van der Waals surface area contributed by atoms with Crippen molar-refractivity contribution in [3.8, 4) is 5.75 Å². The summed E-state index contributed by atoms with van der Waals surface area (Å²) in [6.07, 6.45) is 0.805. The van der Waals surface area contributed by atoms with Crippen molar-refractivity contribution in [3.63, 3.8) is 0 Å². The molecule has 1 amide bonds. The van der Waals surface area contributed by atoms with Gasteiger partial charge in [0.05, 0.1) is 13.2 Å². The molecule has 0 aliphatic carbocycles. The van der Waals surface area contributed by atoms with E-state index in [0.29, 0.717) is 17.1 Å². The Kier molecular flexibility index (Phi) is 4.33. The Balaban J connectivity index is 1.85. The van der Waals surface area contributed by atoms with E-state index in [-0.39, 0.29) is 11.9 Å². The van der Waals surface area contributed by atoms with E-state index in [1.807, 2.05) is 55.5 Å². The Morgan fingerprint density at radius 3 is 2.65 bits per heavy atom. The van der Waals surface area contributed by atoms with Gasteiger partial charge in [-0.2, -0.15) is 0 Å². The topological polar surface area (TPSA) is 51.5 Å². The van der Waals surface area contributed by atoms with Crippen molar-refractivity contribution in [2.24, 2.45) is 0 Å². The van der Waals surface area contributed by atoms with Gasteiger partial charge >= 0.3 is 0 Å². The summed E-state index contributed by atoms with van der Waals surface area (Å²) in [5, 5.41) is 3.87. The zero-order valence-corrected chi connectivity index (χ0v) is 13.2. The molecular formula is C19H19NO3. The van der Waals surface area contributed by atoms with Gasteiger partial charge in [0.2, 0.25) is 0 Å². The first kappa shape index (κ1) is 15.2. The first-order valence-electron chi connectivity index (χ1n) is 7.65. The van der Waals surface area contributed by atoms with Crippen molar-refractivity contribution in [3.05, 3.63) is 65.9 Å². The van der Waals surface area contributed by atoms with E-state index in [4.69, 9.17) is 9.15 Å². The highest BCUT2D eigenvalue weighted by Crippen LogP contribution is 2.28. The standard InChI is InChI=1S/C19H19NO3/c1-3-15(13-8-5-4-6-9-13)20-19(21)17-12-14-10-7-11-16(22-2)18(14)23-17/h4-12,15H,3H2,1-2H3,(H,20,21)/t15-/m1/s1. The van der Waals surface area contributed by atoms with Crippen LogP contribution in [0.25, 0.3) is 11.0 Å². The molecule has 1 heterocycles. The third-order valence-electron chi connectivity index (χ3n) is 3.87. The van der Waals surface area contributed by atoms with Crippen LogP contribution in [0.15, 0.2) is 59.0 Å². The Bertz CT molecular complexity index is 808. The second-order valence-corrected chi connectivity index (χ2v) is 5.33. The molecule has 0 radical (unpaired) electrons. The van der Waals surface area contributed by atoms with Crippen molar-refractivity contribution >= 4 is 16.9 Å². The lowest BCUT2D eigenvalue weighted by Gasteiger charge is -2.16. The molecule has 0 aliphatic rings. The molecular weight excluding hydrogens is 290 g/mol. The average Bonchev–Trinajstić information content (AvgIpc) is 3.04. The molecule has 1 aromatic heterocycles. The van der Waals surface area contributed by atoms with Gasteiger partial charge in [0.25, 0.3) is 5.91 Å². The summed E-state index contributed by atoms with van der Waals surface area (Å²) >= 11 is 0. The second kappa shape index (κ2) is 6.57. The van der Waals surface area contributed by atoms with Gasteiger partial charge in [-0.15, -0.1) is 0 Å². The van der Waals surface area contributed by atoms with Gasteiger partial charge in [-0.25, -0.2) is 0 Å². The van der Waals surface area contributed by atoms with Crippen LogP contribution < -0.4 is 10.1 Å². The fourth-order valence-corrected chi connectivity index (χ4v) is 2.64. The maximum absolute atomic E-state index is 12.5. The summed E-state index contributed by atoms with van der Waals surface area (Å²) in [7, 11) is 1.58. The molecule has 0 saturated heterocycles. The normalized spacial score (nSPS) is 12.1. The van der Waals surface area contributed by atoms with E-state index < -0.39 is 0 Å². The van der Waals surface area contributed by atoms with Gasteiger partial charge < -0.3 is 14.5 Å². The maximum atomic E-state index is 12.5. The van der Waals surface area contributed by atoms with Crippen LogP contribution in [0.5, 0.6) is 5.75 Å². The number of methoxy groups -OCH3 is 1. The van der Waals surface area contributed by atoms with Crippen LogP contribution in [0, 0.1) is 0 Å². The molecule has 3 rings (SSSR count). The largest absolute Gasteiger partial charge is 0.493 e. The predicted molar refractivity (Wildman–Crippen MR) is 89.7 cm³/mol. The van der Waals surface area contributed by atoms with E-state index in [1.54, 1.807) is 13.2 Å². The van der Waals surface area contributed by atoms with Crippen molar-refractivity contribution in [2.75, 3.05) is 7.11 Å². The lowest BCUT2D eigenvalue weighted by molar-refractivity contribution is 0.0909. The number of carbonyl (C=O) groups is 1. The number of nitrogens with one attached hydrogen (secondary N) is 1. The SMILES string of the molecule is CC[C@@H](NC(=O)c1cc2cccc(OC)c2o1)c1ccccc1. The van der Waals surface area contributed by atoms with E-state index >= 15 is 0 Å². The molecule has 0 aliphatic heterocycles. The summed E-state index contributed by atoms with van der Waals surface area (Å²) in [6, 6.07) is 17.2. The highest BCUT2D eigenvalue weighted by Gasteiger charge is 2.18. The zero-order chi connectivity index (χ0) is 16.2. The smallest absolute Gasteiger partial charge is 0.287 e. The van der Waals surface area contributed by atoms with Gasteiger partial charge in [0.1, 0.15) is 0 Å². The predicted octanol–water partition coefficient (Wildman–Crippen LogP) is 4.32. The highest BCUT2D eigenvalue weighted by molar-refractivity contribution is 5.97. The van der Waals surface area contributed by atoms with Gasteiger partial charge in [-0.3, -0.25) is 4.79 Å². The number of carbonyl (C=O) groups excluding carboxylic acids is 1. The van der Waals surface area contributed by atoms with Gasteiger partial charge in [-0.1, -0.05) is 49.4 Å². The third-order valence-corrected chi connectivity index (χ3v) is 3.87. The van der Waals surface area contributed by atoms with Gasteiger partial charge in [0.15, 0.2) is 17.1 Å². The number of amides is 1. The fraction of sp³-hybridized carbons (Fsp3) is 0.211. The molecule has 4 nitrogen and oxygen atoms in total. The van der Waals surface area contributed by atoms with E-state index in [9.17, 15) is 4.79 Å². The number of furan rings is 1. The molecule has 3 aromatic rings. The van der Waals surface area contributed by atoms with Crippen molar-refractivity contribution in [1.82, 2.24) is 5.32 Å². The second-order valence-electron chi connectivity index (χ2n) is 5.33. The minimum absolute atomic E-state index is 0.0428. The van der Waals surface area contributed by atoms with E-state index in [0.717, 1.165) is 17.4 Å². The van der Waals surface area contributed by atoms with Crippen LogP contribution in [-0.4, -0.2) is 13.0 Å². The summed E-state index contributed by atoms with van der Waals surface area (Å²) in [6.45, 7) is 2.04. The zero-order valence-electron chi connectivity index (χ0n) is 13.2. The van der Waals surface area contributed by atoms with Crippen molar-refractivity contribution < 1.29 is 13.9 Å². The van der Waals surface area contributed by atoms with Crippen LogP contribution >= 0.6 is 0 Å². The third kappa shape index (κ3) is 3.06. The Hall–Kier alpha value is -2.75. The molecule has 4 heteroatoms. The summed E-state index contributed by atoms with van der Waals surface area (Å²) in [5.74, 6) is 0.689. The molecule has 1 N–H and O–H groups in total. The lowest BCUT2D eigenvalue weighted by atomic mass is 10.0. The number of benzene rings is 2. The van der Waals surface area contributed by atoms with Gasteiger partial charge in [0, 0.05) is 5.39 Å². The first-order chi connectivity index (χ1) is 11.2. The quantitative estimate of drug-likeness (QED) is 0.763. The van der Waals surface area contributed by atoms with Crippen molar-refractivity contribution in [2.45, 2.75) is 19.4 Å². The number of hydrogen-bond donors (Lipinski definition) is 1. The fourth-order valence-electron chi connectivity index (χ4n) is 2.64. The molecule has 0 bridgehead atoms. The minimum Gasteiger partial charge on any atom is -0.493 e. The minimum atomic E-state index is -0.223. The molecule has 0 spiro atoms. The van der Waals surface area contributed by atoms with E-state index in [2.05, 4.69) is 5.32 Å².